The van der Waals surface area contributed by atoms with Crippen LogP contribution in [0.2, 0.25) is 0 Å². The number of carbonyl (C=O) groups is 1. The van der Waals surface area contributed by atoms with E-state index in [9.17, 15) is 9.90 Å². The summed E-state index contributed by atoms with van der Waals surface area (Å²) in [5.74, 6) is 2.66. The second kappa shape index (κ2) is 14.7. The van der Waals surface area contributed by atoms with Crippen LogP contribution < -0.4 is 9.47 Å². The number of rotatable bonds is 10. The van der Waals surface area contributed by atoms with Gasteiger partial charge in [-0.25, -0.2) is 0 Å². The molecular formula is C43H50N4O10. The monoisotopic (exact) mass is 782 g/mol. The molecule has 2 aromatic carbocycles. The second-order valence-electron chi connectivity index (χ2n) is 15.6. The first-order valence-corrected chi connectivity index (χ1v) is 18.9. The molecule has 0 amide bonds. The molecule has 1 N–H and O–H groups in total. The van der Waals surface area contributed by atoms with Gasteiger partial charge in [0.2, 0.25) is 5.78 Å². The maximum atomic E-state index is 13.7. The molecule has 3 unspecified atom stereocenters. The topological polar surface area (TPSA) is 151 Å². The molecule has 57 heavy (non-hydrogen) atoms. The van der Waals surface area contributed by atoms with E-state index in [1.165, 1.54) is 0 Å². The van der Waals surface area contributed by atoms with E-state index in [-0.39, 0.29) is 55.2 Å². The largest absolute Gasteiger partial charge is 0.498 e. The van der Waals surface area contributed by atoms with Gasteiger partial charge in [-0.15, -0.1) is 0 Å². The van der Waals surface area contributed by atoms with Crippen molar-refractivity contribution >= 4 is 5.78 Å². The minimum absolute atomic E-state index is 0. The first-order valence-electron chi connectivity index (χ1n) is 18.9. The lowest BCUT2D eigenvalue weighted by atomic mass is 9.66. The van der Waals surface area contributed by atoms with Crippen molar-refractivity contribution in [2.24, 2.45) is 11.8 Å². The van der Waals surface area contributed by atoms with Crippen LogP contribution in [0.1, 0.15) is 77.0 Å². The van der Waals surface area contributed by atoms with Crippen molar-refractivity contribution in [1.82, 2.24) is 20.1 Å². The fraction of sp³-hybridized carbons (Fsp3) is 0.465. The van der Waals surface area contributed by atoms with Crippen LogP contribution in [0.4, 0.5) is 0 Å². The summed E-state index contributed by atoms with van der Waals surface area (Å²) in [5, 5.41) is 19.7. The van der Waals surface area contributed by atoms with E-state index in [2.05, 4.69) is 15.2 Å². The highest BCUT2D eigenvalue weighted by Crippen LogP contribution is 2.64. The van der Waals surface area contributed by atoms with E-state index < -0.39 is 17.3 Å². The van der Waals surface area contributed by atoms with Gasteiger partial charge in [0.25, 0.3) is 11.8 Å². The molecule has 10 rings (SSSR count). The summed E-state index contributed by atoms with van der Waals surface area (Å²) in [5.41, 5.74) is 0.849. The van der Waals surface area contributed by atoms with Crippen LogP contribution in [0, 0.1) is 11.8 Å². The molecule has 6 aliphatic rings. The van der Waals surface area contributed by atoms with Crippen molar-refractivity contribution in [3.05, 3.63) is 118 Å². The molecule has 4 aromatic rings. The number of hydrogen-bond donors (Lipinski definition) is 1. The molecule has 0 saturated carbocycles. The molecule has 4 bridgehead atoms. The first-order chi connectivity index (χ1) is 27.1. The quantitative estimate of drug-likeness (QED) is 0.201. The molecule has 2 aliphatic carbocycles. The number of methoxy groups -OCH3 is 2. The van der Waals surface area contributed by atoms with Gasteiger partial charge in [0.1, 0.15) is 36.4 Å². The predicted molar refractivity (Wildman–Crippen MR) is 205 cm³/mol. The van der Waals surface area contributed by atoms with Gasteiger partial charge in [-0.3, -0.25) is 14.6 Å². The minimum Gasteiger partial charge on any atom is -0.498 e. The standard InChI is InChI=1S/C21H24N2O5.C21H22N2O5.CH4/c2*1-23(2)17-14-9-13-10-15(25-3)21(14,27-13)19(24)16-18(17)28-22-20(16)26-11-12-7-5-4-6-8-12;/h4-8,10,13-14,17,19,24H,9,11H2,1-3H3;4-8,10,13-14,17H,9,11H2,1-3H3;1H4/t13?,14-,17-,19?,21?;13-,14+,17+,21+;/m01./s1. The molecule has 2 saturated heterocycles. The van der Waals surface area contributed by atoms with E-state index >= 15 is 0 Å². The zero-order valence-corrected chi connectivity index (χ0v) is 32.2. The fourth-order valence-electron chi connectivity index (χ4n) is 9.84. The molecule has 2 fully saturated rings. The predicted octanol–water partition coefficient (Wildman–Crippen LogP) is 5.97. The van der Waals surface area contributed by atoms with Crippen molar-refractivity contribution in [2.45, 2.75) is 75.1 Å². The molecule has 0 radical (unpaired) electrons. The third-order valence-electron chi connectivity index (χ3n) is 12.1. The van der Waals surface area contributed by atoms with Gasteiger partial charge in [0.05, 0.1) is 44.1 Å². The molecule has 9 atom stereocenters. The summed E-state index contributed by atoms with van der Waals surface area (Å²) in [7, 11) is 11.1. The van der Waals surface area contributed by atoms with Crippen LogP contribution in [-0.4, -0.2) is 96.8 Å². The number of benzene rings is 2. The van der Waals surface area contributed by atoms with Gasteiger partial charge >= 0.3 is 0 Å². The number of ether oxygens (including phenoxy) is 6. The number of carbonyl (C=O) groups excluding carboxylic acids is 1. The summed E-state index contributed by atoms with van der Waals surface area (Å²) in [6.45, 7) is 0.638. The van der Waals surface area contributed by atoms with E-state index in [0.29, 0.717) is 53.3 Å². The highest BCUT2D eigenvalue weighted by Gasteiger charge is 2.69. The van der Waals surface area contributed by atoms with Gasteiger partial charge in [0.15, 0.2) is 22.7 Å². The maximum absolute atomic E-state index is 13.7. The average molecular weight is 783 g/mol. The second-order valence-corrected chi connectivity index (χ2v) is 15.6. The van der Waals surface area contributed by atoms with Gasteiger partial charge < -0.3 is 42.6 Å². The van der Waals surface area contributed by atoms with Crippen LogP contribution in [0.15, 0.2) is 93.4 Å². The summed E-state index contributed by atoms with van der Waals surface area (Å²) in [6.07, 6.45) is 4.24. The average Bonchev–Trinajstić information content (AvgIpc) is 4.06. The van der Waals surface area contributed by atoms with Crippen LogP contribution in [0.25, 0.3) is 0 Å². The number of ketones is 1. The Bertz CT molecular complexity index is 2170. The Morgan fingerprint density at radius 1 is 0.737 bits per heavy atom. The van der Waals surface area contributed by atoms with Crippen LogP contribution in [0.3, 0.4) is 0 Å². The third kappa shape index (κ3) is 5.83. The Morgan fingerprint density at radius 2 is 1.26 bits per heavy atom. The van der Waals surface area contributed by atoms with E-state index in [1.807, 2.05) is 106 Å². The molecule has 2 aromatic heterocycles. The Morgan fingerprint density at radius 3 is 1.88 bits per heavy atom. The normalized spacial score (nSPS) is 31.0. The van der Waals surface area contributed by atoms with Gasteiger partial charge in [-0.2, -0.15) is 0 Å². The first kappa shape index (κ1) is 38.9. The molecule has 302 valence electrons. The SMILES string of the molecule is C.COC1=CC2C[C@H]3[C@H](N(C)C)c4onc(OCc5ccccc5)c4C(O)C13O2.COC1=C[C@H]2C[C@H]3[C@H](N(C)C)c4onc(OCc5ccccc5)c4C(=O)[C@@]13O2. The van der Waals surface area contributed by atoms with Gasteiger partial charge in [-0.05, 0) is 74.6 Å². The van der Waals surface area contributed by atoms with Gasteiger partial charge in [-0.1, -0.05) is 68.1 Å². The molecule has 14 nitrogen and oxygen atoms in total. The third-order valence-corrected chi connectivity index (χ3v) is 12.1. The van der Waals surface area contributed by atoms with Crippen LogP contribution in [-0.2, 0) is 32.2 Å². The number of nitrogens with zero attached hydrogens (tertiary/aromatic N) is 4. The van der Waals surface area contributed by atoms with Crippen molar-refractivity contribution in [3.8, 4) is 11.8 Å². The smallest absolute Gasteiger partial charge is 0.265 e. The highest BCUT2D eigenvalue weighted by atomic mass is 16.6. The highest BCUT2D eigenvalue weighted by molar-refractivity contribution is 6.09. The lowest BCUT2D eigenvalue weighted by molar-refractivity contribution is -0.132. The Labute approximate surface area is 331 Å². The van der Waals surface area contributed by atoms with Crippen molar-refractivity contribution in [3.63, 3.8) is 0 Å². The molecule has 6 heterocycles. The van der Waals surface area contributed by atoms with Crippen molar-refractivity contribution in [1.29, 1.82) is 0 Å². The number of fused-ring (bicyclic) bond motifs is 4. The molecule has 14 heteroatoms. The van der Waals surface area contributed by atoms with E-state index in [0.717, 1.165) is 24.0 Å². The van der Waals surface area contributed by atoms with Crippen molar-refractivity contribution < 1.29 is 47.4 Å². The lowest BCUT2D eigenvalue weighted by Crippen LogP contribution is -2.53. The number of hydrogen-bond acceptors (Lipinski definition) is 14. The van der Waals surface area contributed by atoms with Crippen LogP contribution >= 0.6 is 0 Å². The Kier molecular flexibility index (Phi) is 10.1. The van der Waals surface area contributed by atoms with E-state index in [4.69, 9.17) is 37.5 Å². The summed E-state index contributed by atoms with van der Waals surface area (Å²) in [6, 6.07) is 19.3. The Hall–Kier alpha value is -4.99. The summed E-state index contributed by atoms with van der Waals surface area (Å²) in [4.78, 5) is 17.8. The summed E-state index contributed by atoms with van der Waals surface area (Å²) < 4.78 is 46.9. The Balaban J connectivity index is 0.000000157. The van der Waals surface area contributed by atoms with Crippen LogP contribution in [0.5, 0.6) is 11.8 Å². The molecule has 2 spiro atoms. The number of aliphatic hydroxyl groups is 1. The number of aliphatic hydroxyl groups excluding tert-OH is 1. The van der Waals surface area contributed by atoms with E-state index in [1.54, 1.807) is 14.2 Å². The molecular weight excluding hydrogens is 732 g/mol. The van der Waals surface area contributed by atoms with Gasteiger partial charge in [0, 0.05) is 11.8 Å². The zero-order valence-electron chi connectivity index (χ0n) is 32.2. The fourth-order valence-corrected chi connectivity index (χ4v) is 9.84. The van der Waals surface area contributed by atoms with Crippen molar-refractivity contribution in [2.75, 3.05) is 42.4 Å². The number of aromatic nitrogens is 2. The number of Topliss-reactive ketones (excluding diaryl/α,β-unsaturated/α-hetero) is 1. The lowest BCUT2D eigenvalue weighted by Gasteiger charge is -2.46. The molecule has 4 aliphatic heterocycles. The maximum Gasteiger partial charge on any atom is 0.265 e. The summed E-state index contributed by atoms with van der Waals surface area (Å²) >= 11 is 0. The minimum atomic E-state index is -1.13. The zero-order chi connectivity index (χ0) is 38.9.